The SMILES string of the molecule is CC(C)(C)C#CP(/[C](=C/C(C)(C)C)[Al]([CH]([Si](C)(C)C)[Si](C)(C)C)[CH]([Si](C)(C)C)[Si](C)(C)C)c1ccccc1. The summed E-state index contributed by atoms with van der Waals surface area (Å²) in [4.78, 5) is 0. The van der Waals surface area contributed by atoms with Crippen LogP contribution in [-0.2, 0) is 0 Å². The molecule has 0 fully saturated rings. The number of allylic oxidation sites excluding steroid dienone is 1. The van der Waals surface area contributed by atoms with Crippen LogP contribution in [0, 0.1) is 22.4 Å². The van der Waals surface area contributed by atoms with Crippen LogP contribution >= 0.6 is 7.92 Å². The minimum atomic E-state index is -1.46. The van der Waals surface area contributed by atoms with Crippen molar-refractivity contribution in [3.63, 3.8) is 0 Å². The van der Waals surface area contributed by atoms with E-state index in [2.05, 4.69) is 168 Å². The van der Waals surface area contributed by atoms with E-state index in [0.717, 1.165) is 8.05 Å². The lowest BCUT2D eigenvalue weighted by Crippen LogP contribution is -2.62. The van der Waals surface area contributed by atoms with E-state index >= 15 is 0 Å². The van der Waals surface area contributed by atoms with Gasteiger partial charge in [-0.2, -0.15) is 0 Å². The third-order valence-corrected chi connectivity index (χ3v) is 47.1. The Balaban J connectivity index is 4.42. The Morgan fingerprint density at radius 3 is 1.34 bits per heavy atom. The van der Waals surface area contributed by atoms with Gasteiger partial charge in [-0.05, 0) is 31.5 Å². The average Bonchev–Trinajstić information content (AvgIpc) is 2.61. The van der Waals surface area contributed by atoms with Crippen LogP contribution in [0.2, 0.25) is 86.6 Å². The molecule has 0 bridgehead atoms. The van der Waals surface area contributed by atoms with E-state index in [1.54, 1.807) is 0 Å². The molecule has 0 nitrogen and oxygen atoms in total. The maximum absolute atomic E-state index is 4.04. The summed E-state index contributed by atoms with van der Waals surface area (Å²) < 4.78 is 3.77. The molecular weight excluding hydrogens is 555 g/mol. The molecule has 0 aliphatic carbocycles. The van der Waals surface area contributed by atoms with E-state index in [0.29, 0.717) is 0 Å². The molecule has 1 aromatic carbocycles. The van der Waals surface area contributed by atoms with Gasteiger partial charge >= 0.3 is 14.1 Å². The van der Waals surface area contributed by atoms with Crippen molar-refractivity contribution in [1.29, 1.82) is 0 Å². The van der Waals surface area contributed by atoms with Gasteiger partial charge < -0.3 is 0 Å². The number of hydrogen-bond donors (Lipinski definition) is 0. The molecule has 38 heavy (non-hydrogen) atoms. The summed E-state index contributed by atoms with van der Waals surface area (Å²) in [6.45, 7) is 46.7. The molecule has 1 rings (SSSR count). The largest absolute Gasteiger partial charge is 0.303 e. The Labute approximate surface area is 249 Å². The molecule has 1 aromatic rings. The quantitative estimate of drug-likeness (QED) is 0.147. The van der Waals surface area contributed by atoms with Crippen molar-refractivity contribution in [2.45, 2.75) is 128 Å². The van der Waals surface area contributed by atoms with Crippen molar-refractivity contribution in [2.24, 2.45) is 10.8 Å². The lowest BCUT2D eigenvalue weighted by molar-refractivity contribution is 0.544. The second-order valence-corrected chi connectivity index (χ2v) is 48.7. The highest BCUT2D eigenvalue weighted by Gasteiger charge is 2.57. The first-order valence-corrected chi connectivity index (χ1v) is 32.3. The third kappa shape index (κ3) is 11.3. The molecule has 0 aromatic heterocycles. The molecule has 1 unspecified atom stereocenters. The van der Waals surface area contributed by atoms with Crippen LogP contribution in [0.3, 0.4) is 0 Å². The molecule has 0 N–H and O–H groups in total. The number of rotatable bonds is 9. The molecule has 1 atom stereocenters. The smallest absolute Gasteiger partial charge is 0.0969 e. The van der Waals surface area contributed by atoms with Crippen molar-refractivity contribution < 1.29 is 0 Å². The number of hydrogen-bond acceptors (Lipinski definition) is 0. The monoisotopic (exact) mass is 616 g/mol. The second kappa shape index (κ2) is 12.7. The van der Waals surface area contributed by atoms with Gasteiger partial charge in [-0.15, -0.1) is 0 Å². The molecule has 0 heterocycles. The lowest BCUT2D eigenvalue weighted by Gasteiger charge is -2.52. The summed E-state index contributed by atoms with van der Waals surface area (Å²) in [5, 5.41) is 1.47. The molecule has 0 aliphatic rings. The Kier molecular flexibility index (Phi) is 12.2. The van der Waals surface area contributed by atoms with Crippen molar-refractivity contribution in [1.82, 2.24) is 0 Å². The molecule has 0 radical (unpaired) electrons. The highest BCUT2D eigenvalue weighted by atomic mass is 31.1. The van der Waals surface area contributed by atoms with E-state index in [-0.39, 0.29) is 10.8 Å². The van der Waals surface area contributed by atoms with E-state index in [9.17, 15) is 0 Å². The van der Waals surface area contributed by atoms with Gasteiger partial charge in [0.2, 0.25) is 0 Å². The first-order chi connectivity index (χ1) is 16.7. The number of benzene rings is 1. The molecule has 0 saturated heterocycles. The summed E-state index contributed by atoms with van der Waals surface area (Å²) >= 11 is -1.46. The molecule has 0 spiro atoms. The van der Waals surface area contributed by atoms with Crippen LogP contribution in [0.1, 0.15) is 41.5 Å². The molecule has 0 aliphatic heterocycles. The van der Waals surface area contributed by atoms with Crippen LogP contribution in [-0.4, -0.2) is 46.4 Å². The summed E-state index contributed by atoms with van der Waals surface area (Å²) in [6.07, 6.45) is 2.79. The van der Waals surface area contributed by atoms with Gasteiger partial charge in [0.15, 0.2) is 0 Å². The molecule has 214 valence electrons. The average molecular weight is 617 g/mol. The molecule has 0 amide bonds. The Morgan fingerprint density at radius 1 is 0.684 bits per heavy atom. The summed E-state index contributed by atoms with van der Waals surface area (Å²) in [5.74, 6) is 3.78. The zero-order valence-electron chi connectivity index (χ0n) is 28.6. The van der Waals surface area contributed by atoms with Gasteiger partial charge in [0.25, 0.3) is 0 Å². The maximum atomic E-state index is 4.04. The molecule has 6 heteroatoms. The van der Waals surface area contributed by atoms with Crippen molar-refractivity contribution in [2.75, 3.05) is 0 Å². The van der Waals surface area contributed by atoms with Crippen molar-refractivity contribution in [3.8, 4) is 11.6 Å². The summed E-state index contributed by atoms with van der Waals surface area (Å²) in [5.41, 5.74) is 4.19. The van der Waals surface area contributed by atoms with Gasteiger partial charge in [-0.3, -0.25) is 0 Å². The van der Waals surface area contributed by atoms with E-state index in [1.807, 2.05) is 4.18 Å². The third-order valence-electron chi connectivity index (χ3n) is 7.19. The minimum absolute atomic E-state index is 0.00711. The Morgan fingerprint density at radius 2 is 1.05 bits per heavy atom. The fraction of sp³-hybridized carbons (Fsp3) is 0.688. The lowest BCUT2D eigenvalue weighted by atomic mass is 9.98. The van der Waals surface area contributed by atoms with Crippen molar-refractivity contribution >= 4 is 59.7 Å². The van der Waals surface area contributed by atoms with Gasteiger partial charge in [-0.25, -0.2) is 0 Å². The fourth-order valence-electron chi connectivity index (χ4n) is 7.12. The van der Waals surface area contributed by atoms with Gasteiger partial charge in [-0.1, -0.05) is 160 Å². The van der Waals surface area contributed by atoms with E-state index in [4.69, 9.17) is 0 Å². The highest BCUT2D eigenvalue weighted by molar-refractivity contribution is 7.77. The fourth-order valence-corrected chi connectivity index (χ4v) is 60.1. The first kappa shape index (κ1) is 36.4. The standard InChI is InChI=1S/C18H24P.2C7H19Si2.Al/c1-17(2,3)12-14-19(15-13-18(4,5)6)16-10-8-7-9-11-16;2*1-8(2,3)7-9(4,5)6;/h7-12H,1-6H3;2*7H,1-6H3;. The van der Waals surface area contributed by atoms with Crippen LogP contribution < -0.4 is 5.30 Å². The minimum Gasteiger partial charge on any atom is -0.0969 e. The predicted molar refractivity (Wildman–Crippen MR) is 194 cm³/mol. The van der Waals surface area contributed by atoms with Gasteiger partial charge in [0.1, 0.15) is 0 Å². The second-order valence-electron chi connectivity index (χ2n) is 18.0. The topological polar surface area (TPSA) is 0 Å². The first-order valence-electron chi connectivity index (χ1n) is 14.8. The summed E-state index contributed by atoms with van der Waals surface area (Å²) in [7, 11) is -6.53. The van der Waals surface area contributed by atoms with Crippen molar-refractivity contribution in [3.05, 3.63) is 40.6 Å². The highest BCUT2D eigenvalue weighted by Crippen LogP contribution is 2.56. The normalized spacial score (nSPS) is 15.4. The van der Waals surface area contributed by atoms with Crippen LogP contribution in [0.15, 0.2) is 40.6 Å². The van der Waals surface area contributed by atoms with E-state index < -0.39 is 54.4 Å². The Hall–Kier alpha value is 0.350. The Bertz CT molecular complexity index is 935. The zero-order chi connectivity index (χ0) is 30.1. The van der Waals surface area contributed by atoms with E-state index in [1.165, 1.54) is 5.30 Å². The van der Waals surface area contributed by atoms with Crippen LogP contribution in [0.25, 0.3) is 0 Å². The predicted octanol–water partition coefficient (Wildman–Crippen LogP) is 11.0. The maximum Gasteiger partial charge on any atom is 0.303 e. The van der Waals surface area contributed by atoms with Crippen LogP contribution in [0.5, 0.6) is 0 Å². The van der Waals surface area contributed by atoms with Gasteiger partial charge in [0, 0.05) is 45.6 Å². The molecular formula is C32H62AlPSi4. The zero-order valence-corrected chi connectivity index (χ0v) is 34.7. The van der Waals surface area contributed by atoms with Gasteiger partial charge in [0.05, 0.1) is 0 Å². The van der Waals surface area contributed by atoms with Crippen LogP contribution in [0.4, 0.5) is 0 Å². The summed E-state index contributed by atoms with van der Waals surface area (Å²) in [6, 6.07) is 11.5. The molecule has 0 saturated carbocycles.